The molecule has 0 bridgehead atoms. The number of nitrogens with zero attached hydrogens (tertiary/aromatic N) is 1. The Morgan fingerprint density at radius 2 is 2.27 bits per heavy atom. The minimum absolute atomic E-state index is 0.239. The first-order chi connectivity index (χ1) is 7.24. The fraction of sp³-hybridized carbons (Fsp3) is 0.400. The van der Waals surface area contributed by atoms with Gasteiger partial charge in [-0.1, -0.05) is 0 Å². The van der Waals surface area contributed by atoms with E-state index in [0.29, 0.717) is 13.1 Å². The first-order valence-electron chi connectivity index (χ1n) is 4.83. The number of nitrogens with one attached hydrogen (secondary N) is 1. The Hall–Kier alpha value is -1.49. The molecule has 3 N–H and O–H groups in total. The number of aromatic nitrogens is 1. The maximum atomic E-state index is 12.7. The van der Waals surface area contributed by atoms with Gasteiger partial charge >= 0.3 is 0 Å². The molecule has 0 aromatic carbocycles. The average molecular weight is 211 g/mol. The van der Waals surface area contributed by atoms with Gasteiger partial charge in [-0.2, -0.15) is 0 Å². The van der Waals surface area contributed by atoms with Crippen LogP contribution in [0.5, 0.6) is 0 Å². The van der Waals surface area contributed by atoms with E-state index in [9.17, 15) is 9.18 Å². The summed E-state index contributed by atoms with van der Waals surface area (Å²) in [5.41, 5.74) is 5.54. The van der Waals surface area contributed by atoms with E-state index < -0.39 is 5.82 Å². The Bertz CT molecular complexity index is 330. The quantitative estimate of drug-likeness (QED) is 0.704. The van der Waals surface area contributed by atoms with Crippen LogP contribution >= 0.6 is 0 Å². The summed E-state index contributed by atoms with van der Waals surface area (Å²) in [6, 6.07) is 1.16. The van der Waals surface area contributed by atoms with Crippen molar-refractivity contribution in [2.24, 2.45) is 5.73 Å². The third-order valence-corrected chi connectivity index (χ3v) is 1.88. The SMILES string of the molecule is NCCCCNC(=O)c1cncc(F)c1. The second-order valence-electron chi connectivity index (χ2n) is 3.14. The number of rotatable bonds is 5. The highest BCUT2D eigenvalue weighted by atomic mass is 19.1. The van der Waals surface area contributed by atoms with Crippen molar-refractivity contribution < 1.29 is 9.18 Å². The molecule has 82 valence electrons. The van der Waals surface area contributed by atoms with Crippen molar-refractivity contribution in [2.45, 2.75) is 12.8 Å². The number of hydrogen-bond donors (Lipinski definition) is 2. The maximum absolute atomic E-state index is 12.7. The Morgan fingerprint density at radius 1 is 1.47 bits per heavy atom. The van der Waals surface area contributed by atoms with E-state index in [1.807, 2.05) is 0 Å². The van der Waals surface area contributed by atoms with E-state index in [1.54, 1.807) is 0 Å². The summed E-state index contributed by atoms with van der Waals surface area (Å²) in [7, 11) is 0. The first-order valence-corrected chi connectivity index (χ1v) is 4.83. The Labute approximate surface area is 87.7 Å². The molecule has 1 heterocycles. The molecule has 5 heteroatoms. The minimum Gasteiger partial charge on any atom is -0.352 e. The molecular formula is C10H14FN3O. The van der Waals surface area contributed by atoms with Crippen LogP contribution in [0.4, 0.5) is 4.39 Å². The number of carbonyl (C=O) groups excluding carboxylic acids is 1. The monoisotopic (exact) mass is 211 g/mol. The second-order valence-corrected chi connectivity index (χ2v) is 3.14. The molecule has 0 aliphatic rings. The average Bonchev–Trinajstić information content (AvgIpc) is 2.24. The molecule has 4 nitrogen and oxygen atoms in total. The summed E-state index contributed by atoms with van der Waals surface area (Å²) < 4.78 is 12.7. The van der Waals surface area contributed by atoms with E-state index in [-0.39, 0.29) is 11.5 Å². The lowest BCUT2D eigenvalue weighted by Gasteiger charge is -2.03. The lowest BCUT2D eigenvalue weighted by molar-refractivity contribution is 0.0952. The highest BCUT2D eigenvalue weighted by Crippen LogP contribution is 2.00. The van der Waals surface area contributed by atoms with Gasteiger partial charge in [-0.25, -0.2) is 4.39 Å². The van der Waals surface area contributed by atoms with E-state index >= 15 is 0 Å². The second kappa shape index (κ2) is 6.08. The van der Waals surface area contributed by atoms with Crippen molar-refractivity contribution in [3.63, 3.8) is 0 Å². The molecule has 0 radical (unpaired) electrons. The summed E-state index contributed by atoms with van der Waals surface area (Å²) >= 11 is 0. The smallest absolute Gasteiger partial charge is 0.252 e. The van der Waals surface area contributed by atoms with Gasteiger partial charge < -0.3 is 11.1 Å². The standard InChI is InChI=1S/C10H14FN3O/c11-9-5-8(6-13-7-9)10(15)14-4-2-1-3-12/h5-7H,1-4,12H2,(H,14,15). The molecule has 0 saturated carbocycles. The van der Waals surface area contributed by atoms with Gasteiger partial charge in [-0.15, -0.1) is 0 Å². The van der Waals surface area contributed by atoms with Crippen LogP contribution in [-0.4, -0.2) is 24.0 Å². The molecule has 0 aliphatic carbocycles. The molecule has 0 fully saturated rings. The number of halogens is 1. The lowest BCUT2D eigenvalue weighted by Crippen LogP contribution is -2.25. The van der Waals surface area contributed by atoms with Crippen LogP contribution in [0.2, 0.25) is 0 Å². The molecule has 0 unspecified atom stereocenters. The molecule has 1 rings (SSSR count). The van der Waals surface area contributed by atoms with Crippen molar-refractivity contribution in [1.82, 2.24) is 10.3 Å². The van der Waals surface area contributed by atoms with Gasteiger partial charge in [0.05, 0.1) is 11.8 Å². The van der Waals surface area contributed by atoms with E-state index in [2.05, 4.69) is 10.3 Å². The fourth-order valence-corrected chi connectivity index (χ4v) is 1.11. The van der Waals surface area contributed by atoms with Crippen molar-refractivity contribution in [3.8, 4) is 0 Å². The number of amides is 1. The minimum atomic E-state index is -0.510. The van der Waals surface area contributed by atoms with Crippen molar-refractivity contribution in [1.29, 1.82) is 0 Å². The van der Waals surface area contributed by atoms with Crippen molar-refractivity contribution >= 4 is 5.91 Å². The molecule has 0 saturated heterocycles. The zero-order valence-electron chi connectivity index (χ0n) is 8.37. The predicted molar refractivity (Wildman–Crippen MR) is 54.8 cm³/mol. The van der Waals surface area contributed by atoms with Crippen LogP contribution < -0.4 is 11.1 Å². The van der Waals surface area contributed by atoms with Crippen LogP contribution in [-0.2, 0) is 0 Å². The normalized spacial score (nSPS) is 10.0. The maximum Gasteiger partial charge on any atom is 0.252 e. The van der Waals surface area contributed by atoms with Gasteiger partial charge in [0, 0.05) is 12.7 Å². The molecule has 15 heavy (non-hydrogen) atoms. The number of carbonyl (C=O) groups is 1. The highest BCUT2D eigenvalue weighted by Gasteiger charge is 2.05. The van der Waals surface area contributed by atoms with Crippen LogP contribution in [0.1, 0.15) is 23.2 Å². The summed E-state index contributed by atoms with van der Waals surface area (Å²) in [5, 5.41) is 2.66. The zero-order chi connectivity index (χ0) is 11.1. The van der Waals surface area contributed by atoms with Gasteiger partial charge in [0.1, 0.15) is 5.82 Å². The molecule has 0 atom stereocenters. The number of pyridine rings is 1. The van der Waals surface area contributed by atoms with Gasteiger partial charge in [-0.3, -0.25) is 9.78 Å². The van der Waals surface area contributed by atoms with Crippen LogP contribution in [0.15, 0.2) is 18.5 Å². The summed E-state index contributed by atoms with van der Waals surface area (Å²) in [6.07, 6.45) is 4.08. The first kappa shape index (κ1) is 11.6. The summed E-state index contributed by atoms with van der Waals surface area (Å²) in [5.74, 6) is -0.816. The molecule has 0 aliphatic heterocycles. The Balaban J connectivity index is 2.40. The van der Waals surface area contributed by atoms with Gasteiger partial charge in [0.15, 0.2) is 0 Å². The fourth-order valence-electron chi connectivity index (χ4n) is 1.11. The van der Waals surface area contributed by atoms with Crippen LogP contribution in [0, 0.1) is 5.82 Å². The Kier molecular flexibility index (Phi) is 4.70. The van der Waals surface area contributed by atoms with Gasteiger partial charge in [0.2, 0.25) is 0 Å². The lowest BCUT2D eigenvalue weighted by atomic mass is 10.2. The summed E-state index contributed by atoms with van der Waals surface area (Å²) in [6.45, 7) is 1.16. The third kappa shape index (κ3) is 4.03. The zero-order valence-corrected chi connectivity index (χ0v) is 8.37. The van der Waals surface area contributed by atoms with Crippen molar-refractivity contribution in [2.75, 3.05) is 13.1 Å². The van der Waals surface area contributed by atoms with E-state index in [1.165, 1.54) is 6.20 Å². The largest absolute Gasteiger partial charge is 0.352 e. The number of hydrogen-bond acceptors (Lipinski definition) is 3. The third-order valence-electron chi connectivity index (χ3n) is 1.88. The van der Waals surface area contributed by atoms with E-state index in [0.717, 1.165) is 25.1 Å². The van der Waals surface area contributed by atoms with Crippen molar-refractivity contribution in [3.05, 3.63) is 29.8 Å². The number of nitrogens with two attached hydrogens (primary N) is 1. The Morgan fingerprint density at radius 3 is 2.93 bits per heavy atom. The molecule has 0 spiro atoms. The van der Waals surface area contributed by atoms with Crippen LogP contribution in [0.25, 0.3) is 0 Å². The number of unbranched alkanes of at least 4 members (excludes halogenated alkanes) is 1. The van der Waals surface area contributed by atoms with Gasteiger partial charge in [-0.05, 0) is 25.5 Å². The molecular weight excluding hydrogens is 197 g/mol. The van der Waals surface area contributed by atoms with Gasteiger partial charge in [0.25, 0.3) is 5.91 Å². The topological polar surface area (TPSA) is 68.0 Å². The predicted octanol–water partition coefficient (Wildman–Crippen LogP) is 0.689. The molecule has 1 amide bonds. The highest BCUT2D eigenvalue weighted by molar-refractivity contribution is 5.93. The van der Waals surface area contributed by atoms with E-state index in [4.69, 9.17) is 5.73 Å². The molecule has 1 aromatic rings. The van der Waals surface area contributed by atoms with Crippen LogP contribution in [0.3, 0.4) is 0 Å². The molecule has 1 aromatic heterocycles. The summed E-state index contributed by atoms with van der Waals surface area (Å²) in [4.78, 5) is 15.0.